The van der Waals surface area contributed by atoms with Gasteiger partial charge >= 0.3 is 11.9 Å². The third kappa shape index (κ3) is 4.73. The van der Waals surface area contributed by atoms with Crippen LogP contribution in [0.25, 0.3) is 0 Å². The number of carbonyl (C=O) groups is 2. The molecule has 23 heavy (non-hydrogen) atoms. The Kier molecular flexibility index (Phi) is 6.64. The number of hydrogen-bond acceptors (Lipinski definition) is 7. The van der Waals surface area contributed by atoms with Crippen LogP contribution in [0, 0.1) is 6.92 Å². The molecule has 0 amide bonds. The Hall–Kier alpha value is -2.00. The summed E-state index contributed by atoms with van der Waals surface area (Å²) in [6.07, 6.45) is 1.51. The van der Waals surface area contributed by atoms with Crippen molar-refractivity contribution in [2.45, 2.75) is 11.8 Å². The van der Waals surface area contributed by atoms with Crippen molar-refractivity contribution in [3.63, 3.8) is 0 Å². The Morgan fingerprint density at radius 1 is 1.04 bits per heavy atom. The fourth-order valence-electron chi connectivity index (χ4n) is 1.57. The van der Waals surface area contributed by atoms with Crippen LogP contribution in [0.4, 0.5) is 0 Å². The van der Waals surface area contributed by atoms with Gasteiger partial charge in [-0.1, -0.05) is 17.7 Å². The molecule has 126 valence electrons. The van der Waals surface area contributed by atoms with Crippen molar-refractivity contribution in [1.29, 1.82) is 0 Å². The fourth-order valence-corrected chi connectivity index (χ4v) is 3.56. The third-order valence-corrected chi connectivity index (χ3v) is 4.98. The average molecular weight is 359 g/mol. The molecule has 0 unspecified atom stereocenters. The van der Waals surface area contributed by atoms with E-state index < -0.39 is 27.5 Å². The standard InChI is InChI=1S/C14H17NO6S2/c1-9-5-7-10(8-6-9)23(18,19)15-12(22-4)11(13(16)20-2)14(17)21-3/h5-8,15H,1-4H3. The van der Waals surface area contributed by atoms with Crippen LogP contribution in [0.15, 0.2) is 39.8 Å². The van der Waals surface area contributed by atoms with Gasteiger partial charge < -0.3 is 9.47 Å². The van der Waals surface area contributed by atoms with Gasteiger partial charge in [0.1, 0.15) is 5.03 Å². The number of nitrogens with one attached hydrogen (secondary N) is 1. The molecule has 1 N–H and O–H groups in total. The van der Waals surface area contributed by atoms with E-state index in [0.717, 1.165) is 31.5 Å². The molecule has 1 rings (SSSR count). The van der Waals surface area contributed by atoms with Crippen molar-refractivity contribution in [2.24, 2.45) is 0 Å². The highest BCUT2D eigenvalue weighted by Gasteiger charge is 2.28. The smallest absolute Gasteiger partial charge is 0.348 e. The number of esters is 2. The van der Waals surface area contributed by atoms with Crippen LogP contribution >= 0.6 is 11.8 Å². The monoisotopic (exact) mass is 359 g/mol. The van der Waals surface area contributed by atoms with E-state index in [4.69, 9.17) is 0 Å². The maximum absolute atomic E-state index is 12.4. The average Bonchev–Trinajstić information content (AvgIpc) is 2.53. The SMILES string of the molecule is COC(=O)C(C(=O)OC)=C(NS(=O)(=O)c1ccc(C)cc1)SC. The quantitative estimate of drug-likeness (QED) is 0.352. The first-order chi connectivity index (χ1) is 10.8. The van der Waals surface area contributed by atoms with Crippen LogP contribution in [0.1, 0.15) is 5.56 Å². The summed E-state index contributed by atoms with van der Waals surface area (Å²) in [5.74, 6) is -1.99. The fraction of sp³-hybridized carbons (Fsp3) is 0.286. The lowest BCUT2D eigenvalue weighted by Crippen LogP contribution is -2.28. The topological polar surface area (TPSA) is 98.8 Å². The molecular formula is C14H17NO6S2. The lowest BCUT2D eigenvalue weighted by molar-refractivity contribution is -0.144. The van der Waals surface area contributed by atoms with E-state index in [2.05, 4.69) is 14.2 Å². The third-order valence-electron chi connectivity index (χ3n) is 2.77. The molecule has 7 nitrogen and oxygen atoms in total. The van der Waals surface area contributed by atoms with Crippen molar-refractivity contribution in [3.05, 3.63) is 40.4 Å². The second-order valence-corrected chi connectivity index (χ2v) is 6.81. The second-order valence-electron chi connectivity index (χ2n) is 4.31. The Morgan fingerprint density at radius 3 is 1.91 bits per heavy atom. The van der Waals surface area contributed by atoms with Crippen LogP contribution in [0.2, 0.25) is 0 Å². The van der Waals surface area contributed by atoms with E-state index in [9.17, 15) is 18.0 Å². The molecule has 0 aliphatic rings. The van der Waals surface area contributed by atoms with Crippen molar-refractivity contribution >= 4 is 33.7 Å². The minimum absolute atomic E-state index is 0.00346. The predicted octanol–water partition coefficient (Wildman–Crippen LogP) is 1.19. The van der Waals surface area contributed by atoms with E-state index in [1.54, 1.807) is 12.1 Å². The highest BCUT2D eigenvalue weighted by Crippen LogP contribution is 2.20. The molecule has 0 aliphatic carbocycles. The normalized spacial score (nSPS) is 10.6. The Balaban J connectivity index is 3.32. The Labute approximate surface area is 139 Å². The van der Waals surface area contributed by atoms with E-state index >= 15 is 0 Å². The van der Waals surface area contributed by atoms with Crippen molar-refractivity contribution in [3.8, 4) is 0 Å². The molecule has 0 atom stereocenters. The van der Waals surface area contributed by atoms with Gasteiger partial charge in [0.15, 0.2) is 5.57 Å². The number of thioether (sulfide) groups is 1. The summed E-state index contributed by atoms with van der Waals surface area (Å²) in [5, 5.41) is -0.177. The maximum Gasteiger partial charge on any atom is 0.348 e. The first-order valence-electron chi connectivity index (χ1n) is 6.31. The molecule has 0 spiro atoms. The molecule has 0 radical (unpaired) electrons. The Bertz CT molecular complexity index is 704. The maximum atomic E-state index is 12.4. The molecule has 0 fully saturated rings. The van der Waals surface area contributed by atoms with Gasteiger partial charge in [0.2, 0.25) is 0 Å². The van der Waals surface area contributed by atoms with E-state index in [1.165, 1.54) is 18.4 Å². The van der Waals surface area contributed by atoms with Crippen LogP contribution in [-0.4, -0.2) is 40.8 Å². The van der Waals surface area contributed by atoms with Gasteiger partial charge in [0.25, 0.3) is 10.0 Å². The van der Waals surface area contributed by atoms with Crippen LogP contribution < -0.4 is 4.72 Å². The van der Waals surface area contributed by atoms with Gasteiger partial charge in [-0.3, -0.25) is 4.72 Å². The van der Waals surface area contributed by atoms with Gasteiger partial charge in [-0.15, -0.1) is 11.8 Å². The number of aryl methyl sites for hydroxylation is 1. The zero-order valence-corrected chi connectivity index (χ0v) is 14.7. The molecule has 0 saturated carbocycles. The summed E-state index contributed by atoms with van der Waals surface area (Å²) in [5.41, 5.74) is 0.382. The minimum Gasteiger partial charge on any atom is -0.465 e. The lowest BCUT2D eigenvalue weighted by atomic mass is 10.2. The lowest BCUT2D eigenvalue weighted by Gasteiger charge is -2.13. The first-order valence-corrected chi connectivity index (χ1v) is 9.02. The summed E-state index contributed by atoms with van der Waals surface area (Å²) in [6, 6.07) is 6.12. The van der Waals surface area contributed by atoms with Crippen molar-refractivity contribution in [1.82, 2.24) is 4.72 Å². The summed E-state index contributed by atoms with van der Waals surface area (Å²) in [7, 11) is -1.80. The predicted molar refractivity (Wildman–Crippen MR) is 86.1 cm³/mol. The molecule has 1 aromatic carbocycles. The molecule has 0 aromatic heterocycles. The molecule has 0 bridgehead atoms. The molecule has 0 aliphatic heterocycles. The van der Waals surface area contributed by atoms with Crippen molar-refractivity contribution in [2.75, 3.05) is 20.5 Å². The van der Waals surface area contributed by atoms with E-state index in [1.807, 2.05) is 6.92 Å². The molecule has 9 heteroatoms. The number of benzene rings is 1. The molecular weight excluding hydrogens is 342 g/mol. The van der Waals surface area contributed by atoms with Gasteiger partial charge in [0.05, 0.1) is 19.1 Å². The number of methoxy groups -OCH3 is 2. The Morgan fingerprint density at radius 2 is 1.52 bits per heavy atom. The van der Waals surface area contributed by atoms with Gasteiger partial charge in [-0.25, -0.2) is 18.0 Å². The number of carbonyl (C=O) groups excluding carboxylic acids is 2. The van der Waals surface area contributed by atoms with Crippen molar-refractivity contribution < 1.29 is 27.5 Å². The largest absolute Gasteiger partial charge is 0.465 e. The van der Waals surface area contributed by atoms with Gasteiger partial charge in [-0.05, 0) is 25.3 Å². The van der Waals surface area contributed by atoms with Gasteiger partial charge in [0, 0.05) is 0 Å². The van der Waals surface area contributed by atoms with Crippen LogP contribution in [-0.2, 0) is 29.1 Å². The molecule has 1 aromatic rings. The van der Waals surface area contributed by atoms with E-state index in [0.29, 0.717) is 0 Å². The summed E-state index contributed by atoms with van der Waals surface area (Å²) in [4.78, 5) is 23.5. The summed E-state index contributed by atoms with van der Waals surface area (Å²) >= 11 is 0.878. The first kappa shape index (κ1) is 19.0. The van der Waals surface area contributed by atoms with Crippen LogP contribution in [0.5, 0.6) is 0 Å². The summed E-state index contributed by atoms with van der Waals surface area (Å²) in [6.45, 7) is 1.82. The van der Waals surface area contributed by atoms with E-state index in [-0.39, 0.29) is 9.92 Å². The molecule has 0 heterocycles. The number of ether oxygens (including phenoxy) is 2. The second kappa shape index (κ2) is 8.02. The zero-order chi connectivity index (χ0) is 17.6. The zero-order valence-electron chi connectivity index (χ0n) is 13.1. The highest BCUT2D eigenvalue weighted by molar-refractivity contribution is 8.03. The van der Waals surface area contributed by atoms with Crippen LogP contribution in [0.3, 0.4) is 0 Å². The number of hydrogen-bond donors (Lipinski definition) is 1. The number of sulfonamides is 1. The minimum atomic E-state index is -3.96. The van der Waals surface area contributed by atoms with Gasteiger partial charge in [-0.2, -0.15) is 0 Å². The molecule has 0 saturated heterocycles. The summed E-state index contributed by atoms with van der Waals surface area (Å²) < 4.78 is 36.0. The highest BCUT2D eigenvalue weighted by atomic mass is 32.2. The number of rotatable bonds is 6.